The minimum atomic E-state index is -0.405. The van der Waals surface area contributed by atoms with E-state index in [-0.39, 0.29) is 6.04 Å². The summed E-state index contributed by atoms with van der Waals surface area (Å²) < 4.78 is 0. The topological polar surface area (TPSA) is 67.1 Å². The van der Waals surface area contributed by atoms with Crippen molar-refractivity contribution in [1.82, 2.24) is 10.6 Å². The van der Waals surface area contributed by atoms with Crippen LogP contribution in [0.1, 0.15) is 26.7 Å². The van der Waals surface area contributed by atoms with Gasteiger partial charge >= 0.3 is 0 Å². The molecule has 20 heavy (non-hydrogen) atoms. The molecule has 0 aromatic heterocycles. The van der Waals surface area contributed by atoms with Crippen LogP contribution in [-0.4, -0.2) is 18.5 Å². The van der Waals surface area contributed by atoms with Crippen LogP contribution in [0.2, 0.25) is 0 Å². The van der Waals surface area contributed by atoms with E-state index in [2.05, 4.69) is 30.6 Å². The summed E-state index contributed by atoms with van der Waals surface area (Å²) in [4.78, 5) is 11.6. The van der Waals surface area contributed by atoms with Gasteiger partial charge in [0.1, 0.15) is 5.82 Å². The van der Waals surface area contributed by atoms with Crippen molar-refractivity contribution in [2.75, 3.05) is 6.54 Å². The Balaban J connectivity index is 2.10. The smallest absolute Gasteiger partial charge is 0.252 e. The molecule has 1 amide bonds. The van der Waals surface area contributed by atoms with Gasteiger partial charge in [-0.05, 0) is 24.0 Å². The fraction of sp³-hybridized carbons (Fsp3) is 0.438. The average molecular weight is 273 g/mol. The maximum absolute atomic E-state index is 11.6. The number of dihydropyridines is 1. The van der Waals surface area contributed by atoms with E-state index in [0.717, 1.165) is 30.8 Å². The van der Waals surface area contributed by atoms with E-state index in [4.69, 9.17) is 5.73 Å². The summed E-state index contributed by atoms with van der Waals surface area (Å²) >= 11 is 0. The molecular weight excluding hydrogens is 250 g/mol. The molecule has 0 fully saturated rings. The lowest BCUT2D eigenvalue weighted by molar-refractivity contribution is -0.114. The largest absolute Gasteiger partial charge is 0.371 e. The van der Waals surface area contributed by atoms with Crippen LogP contribution in [0.5, 0.6) is 0 Å². The minimum absolute atomic E-state index is 0.120. The summed E-state index contributed by atoms with van der Waals surface area (Å²) in [5.41, 5.74) is 7.07. The van der Waals surface area contributed by atoms with Crippen molar-refractivity contribution in [2.45, 2.75) is 32.7 Å². The molecule has 0 bridgehead atoms. The molecule has 0 aromatic carbocycles. The predicted molar refractivity (Wildman–Crippen MR) is 81.6 cm³/mol. The van der Waals surface area contributed by atoms with Gasteiger partial charge in [-0.15, -0.1) is 0 Å². The monoisotopic (exact) mass is 273 g/mol. The number of hydrogen-bond donors (Lipinski definition) is 3. The number of nitrogens with two attached hydrogens (primary N) is 1. The minimum Gasteiger partial charge on any atom is -0.371 e. The number of fused-ring (bicyclic) bond motifs is 1. The van der Waals surface area contributed by atoms with Crippen LogP contribution >= 0.6 is 0 Å². The van der Waals surface area contributed by atoms with Gasteiger partial charge in [-0.3, -0.25) is 4.79 Å². The Hall–Kier alpha value is -1.97. The maximum atomic E-state index is 11.6. The highest BCUT2D eigenvalue weighted by Crippen LogP contribution is 2.21. The highest BCUT2D eigenvalue weighted by atomic mass is 16.1. The summed E-state index contributed by atoms with van der Waals surface area (Å²) in [6, 6.07) is 0.120. The first-order chi connectivity index (χ1) is 9.61. The first kappa shape index (κ1) is 14.4. The van der Waals surface area contributed by atoms with Gasteiger partial charge in [0.2, 0.25) is 0 Å². The van der Waals surface area contributed by atoms with Crippen molar-refractivity contribution < 1.29 is 4.79 Å². The Morgan fingerprint density at radius 3 is 3.00 bits per heavy atom. The number of carbonyl (C=O) groups is 1. The second-order valence-electron chi connectivity index (χ2n) is 5.39. The SMILES string of the molecule is CCC(C)CCNC1=C(C(N)=O)C=C2C=CC=CC2N1. The number of rotatable bonds is 6. The van der Waals surface area contributed by atoms with Gasteiger partial charge in [0.05, 0.1) is 11.6 Å². The van der Waals surface area contributed by atoms with Gasteiger partial charge in [0.15, 0.2) is 0 Å². The quantitative estimate of drug-likeness (QED) is 0.690. The molecule has 1 aliphatic heterocycles. The molecule has 2 atom stereocenters. The first-order valence-corrected chi connectivity index (χ1v) is 7.22. The summed E-state index contributed by atoms with van der Waals surface area (Å²) in [5.74, 6) is 1.01. The van der Waals surface area contributed by atoms with E-state index in [1.807, 2.05) is 24.3 Å². The highest BCUT2D eigenvalue weighted by Gasteiger charge is 2.22. The maximum Gasteiger partial charge on any atom is 0.252 e. The van der Waals surface area contributed by atoms with Gasteiger partial charge in [0.25, 0.3) is 5.91 Å². The van der Waals surface area contributed by atoms with Crippen molar-refractivity contribution in [3.8, 4) is 0 Å². The van der Waals surface area contributed by atoms with Gasteiger partial charge in [-0.25, -0.2) is 0 Å². The fourth-order valence-corrected chi connectivity index (χ4v) is 2.29. The van der Waals surface area contributed by atoms with Crippen LogP contribution in [0.15, 0.2) is 47.3 Å². The zero-order chi connectivity index (χ0) is 14.5. The van der Waals surface area contributed by atoms with Crippen LogP contribution in [0.3, 0.4) is 0 Å². The van der Waals surface area contributed by atoms with E-state index in [9.17, 15) is 4.79 Å². The molecule has 0 aromatic rings. The number of allylic oxidation sites excluding steroid dienone is 2. The molecule has 4 heteroatoms. The second kappa shape index (κ2) is 6.46. The molecule has 0 saturated heterocycles. The van der Waals surface area contributed by atoms with E-state index in [1.54, 1.807) is 0 Å². The predicted octanol–water partition coefficient (Wildman–Crippen LogP) is 1.73. The third-order valence-corrected chi connectivity index (χ3v) is 3.84. The number of nitrogens with one attached hydrogen (secondary N) is 2. The molecule has 1 aliphatic carbocycles. The lowest BCUT2D eigenvalue weighted by Crippen LogP contribution is -2.41. The summed E-state index contributed by atoms with van der Waals surface area (Å²) in [6.45, 7) is 5.25. The molecule has 2 unspecified atom stereocenters. The third-order valence-electron chi connectivity index (χ3n) is 3.84. The molecule has 0 spiro atoms. The van der Waals surface area contributed by atoms with Gasteiger partial charge in [-0.2, -0.15) is 0 Å². The van der Waals surface area contributed by atoms with Crippen molar-refractivity contribution in [2.24, 2.45) is 11.7 Å². The Morgan fingerprint density at radius 1 is 1.50 bits per heavy atom. The first-order valence-electron chi connectivity index (χ1n) is 7.22. The Kier molecular flexibility index (Phi) is 4.66. The summed E-state index contributed by atoms with van der Waals surface area (Å²) in [7, 11) is 0. The van der Waals surface area contributed by atoms with Gasteiger partial charge < -0.3 is 16.4 Å². The average Bonchev–Trinajstić information content (AvgIpc) is 2.46. The normalized spacial score (nSPS) is 21.9. The third kappa shape index (κ3) is 3.32. The molecule has 0 radical (unpaired) electrons. The van der Waals surface area contributed by atoms with Crippen LogP contribution in [0, 0.1) is 5.92 Å². The second-order valence-corrected chi connectivity index (χ2v) is 5.39. The standard InChI is InChI=1S/C16H23N3O/c1-3-11(2)8-9-18-16-13(15(17)20)10-12-6-4-5-7-14(12)19-16/h4-7,10-11,14,18-19H,3,8-9H2,1-2H3,(H2,17,20). The number of primary amides is 1. The Bertz CT molecular complexity index is 500. The highest BCUT2D eigenvalue weighted by molar-refractivity contribution is 5.96. The number of carbonyl (C=O) groups excluding carboxylic acids is 1. The van der Waals surface area contributed by atoms with Crippen LogP contribution < -0.4 is 16.4 Å². The molecule has 108 valence electrons. The van der Waals surface area contributed by atoms with E-state index in [0.29, 0.717) is 11.5 Å². The van der Waals surface area contributed by atoms with Crippen molar-refractivity contribution in [3.05, 3.63) is 47.3 Å². The molecular formula is C16H23N3O. The Morgan fingerprint density at radius 2 is 2.30 bits per heavy atom. The zero-order valence-corrected chi connectivity index (χ0v) is 12.1. The van der Waals surface area contributed by atoms with Crippen molar-refractivity contribution >= 4 is 5.91 Å². The number of hydrogen-bond acceptors (Lipinski definition) is 3. The van der Waals surface area contributed by atoms with Crippen LogP contribution in [-0.2, 0) is 4.79 Å². The summed E-state index contributed by atoms with van der Waals surface area (Å²) in [6.07, 6.45) is 12.1. The molecule has 0 saturated carbocycles. The molecule has 2 aliphatic rings. The van der Waals surface area contributed by atoms with Crippen LogP contribution in [0.25, 0.3) is 0 Å². The molecule has 4 nitrogen and oxygen atoms in total. The summed E-state index contributed by atoms with van der Waals surface area (Å²) in [5, 5.41) is 6.66. The lowest BCUT2D eigenvalue weighted by Gasteiger charge is -2.28. The van der Waals surface area contributed by atoms with E-state index < -0.39 is 5.91 Å². The van der Waals surface area contributed by atoms with E-state index in [1.165, 1.54) is 0 Å². The number of amides is 1. The van der Waals surface area contributed by atoms with Gasteiger partial charge in [-0.1, -0.05) is 44.6 Å². The van der Waals surface area contributed by atoms with Crippen molar-refractivity contribution in [3.63, 3.8) is 0 Å². The Labute approximate surface area is 120 Å². The van der Waals surface area contributed by atoms with E-state index >= 15 is 0 Å². The molecule has 4 N–H and O–H groups in total. The van der Waals surface area contributed by atoms with Crippen LogP contribution in [0.4, 0.5) is 0 Å². The lowest BCUT2D eigenvalue weighted by atomic mass is 9.95. The van der Waals surface area contributed by atoms with Crippen molar-refractivity contribution in [1.29, 1.82) is 0 Å². The molecule has 2 rings (SSSR count). The molecule has 1 heterocycles. The van der Waals surface area contributed by atoms with Gasteiger partial charge in [0, 0.05) is 6.54 Å². The zero-order valence-electron chi connectivity index (χ0n) is 12.1. The fourth-order valence-electron chi connectivity index (χ4n) is 2.29.